The van der Waals surface area contributed by atoms with Gasteiger partial charge in [-0.05, 0) is 60.9 Å². The van der Waals surface area contributed by atoms with Crippen LogP contribution in [-0.4, -0.2) is 9.97 Å². The molecule has 26 heavy (non-hydrogen) atoms. The minimum absolute atomic E-state index is 0.212. The Bertz CT molecular complexity index is 992. The van der Waals surface area contributed by atoms with Crippen molar-refractivity contribution in [3.63, 3.8) is 0 Å². The maximum absolute atomic E-state index is 5.22. The van der Waals surface area contributed by atoms with Gasteiger partial charge in [-0.25, -0.2) is 9.97 Å². The van der Waals surface area contributed by atoms with Crippen molar-refractivity contribution in [2.75, 3.05) is 0 Å². The van der Waals surface area contributed by atoms with Crippen molar-refractivity contribution in [3.05, 3.63) is 59.4 Å². The second-order valence-electron chi connectivity index (χ2n) is 8.69. The van der Waals surface area contributed by atoms with Gasteiger partial charge in [0.15, 0.2) is 0 Å². The zero-order chi connectivity index (χ0) is 17.9. The van der Waals surface area contributed by atoms with E-state index in [9.17, 15) is 0 Å². The molecule has 2 heteroatoms. The van der Waals surface area contributed by atoms with E-state index in [4.69, 9.17) is 9.97 Å². The summed E-state index contributed by atoms with van der Waals surface area (Å²) in [6.45, 7) is 6.96. The molecule has 0 saturated heterocycles. The van der Waals surface area contributed by atoms with Crippen LogP contribution in [0.2, 0.25) is 0 Å². The van der Waals surface area contributed by atoms with Crippen LogP contribution in [-0.2, 0) is 5.41 Å². The lowest BCUT2D eigenvalue weighted by molar-refractivity contribution is 0.183. The van der Waals surface area contributed by atoms with Crippen molar-refractivity contribution in [3.8, 4) is 11.1 Å². The van der Waals surface area contributed by atoms with E-state index in [1.807, 2.05) is 0 Å². The quantitative estimate of drug-likeness (QED) is 0.528. The van der Waals surface area contributed by atoms with Crippen LogP contribution in [0.3, 0.4) is 0 Å². The molecule has 3 unspecified atom stereocenters. The van der Waals surface area contributed by atoms with E-state index in [-0.39, 0.29) is 5.41 Å². The van der Waals surface area contributed by atoms with Gasteiger partial charge in [-0.15, -0.1) is 0 Å². The molecule has 132 valence electrons. The van der Waals surface area contributed by atoms with E-state index in [0.717, 1.165) is 17.0 Å². The van der Waals surface area contributed by atoms with Crippen LogP contribution in [0.25, 0.3) is 22.2 Å². The molecule has 3 aromatic rings. The predicted octanol–water partition coefficient (Wildman–Crippen LogP) is 6.17. The summed E-state index contributed by atoms with van der Waals surface area (Å²) in [6.07, 6.45) is 5.20. The highest BCUT2D eigenvalue weighted by molar-refractivity contribution is 5.84. The van der Waals surface area contributed by atoms with Crippen LogP contribution >= 0.6 is 0 Å². The normalized spacial score (nSPS) is 27.3. The maximum atomic E-state index is 5.22. The standard InChI is InChI=1S/C24H26N2/c1-15-12-20-21(13-19(15)17-8-5-4-6-9-17)26-23-22(25-20)16(2)18-10-7-11-24(23,3)14-18/h4-6,8-9,12-13,16,18H,7,10-11,14H2,1-3H3. The van der Waals surface area contributed by atoms with Gasteiger partial charge in [0.25, 0.3) is 0 Å². The second-order valence-corrected chi connectivity index (χ2v) is 8.69. The molecule has 1 fully saturated rings. The van der Waals surface area contributed by atoms with Gasteiger partial charge in [0, 0.05) is 11.3 Å². The summed E-state index contributed by atoms with van der Waals surface area (Å²) in [4.78, 5) is 10.4. The Hall–Kier alpha value is -2.22. The zero-order valence-electron chi connectivity index (χ0n) is 15.9. The van der Waals surface area contributed by atoms with Crippen molar-refractivity contribution in [1.82, 2.24) is 9.97 Å². The summed E-state index contributed by atoms with van der Waals surface area (Å²) >= 11 is 0. The number of fused-ring (bicyclic) bond motifs is 5. The van der Waals surface area contributed by atoms with E-state index < -0.39 is 0 Å². The SMILES string of the molecule is Cc1cc2nc3c(nc2cc1-c1ccccc1)C1(C)CCCC(C1)C3C. The van der Waals surface area contributed by atoms with Gasteiger partial charge in [0.2, 0.25) is 0 Å². The molecule has 0 N–H and O–H groups in total. The van der Waals surface area contributed by atoms with Crippen LogP contribution in [0.4, 0.5) is 0 Å². The minimum Gasteiger partial charge on any atom is -0.249 e. The Morgan fingerprint density at radius 3 is 2.62 bits per heavy atom. The van der Waals surface area contributed by atoms with Crippen molar-refractivity contribution >= 4 is 11.0 Å². The molecule has 3 atom stereocenters. The molecule has 0 radical (unpaired) electrons. The highest BCUT2D eigenvalue weighted by Crippen LogP contribution is 2.52. The van der Waals surface area contributed by atoms with Gasteiger partial charge in [-0.1, -0.05) is 50.6 Å². The predicted molar refractivity (Wildman–Crippen MR) is 107 cm³/mol. The minimum atomic E-state index is 0.212. The van der Waals surface area contributed by atoms with Crippen molar-refractivity contribution in [1.29, 1.82) is 0 Å². The van der Waals surface area contributed by atoms with Gasteiger partial charge in [-0.3, -0.25) is 0 Å². The lowest BCUT2D eigenvalue weighted by Gasteiger charge is -2.45. The highest BCUT2D eigenvalue weighted by Gasteiger charge is 2.44. The first kappa shape index (κ1) is 16.0. The van der Waals surface area contributed by atoms with E-state index >= 15 is 0 Å². The van der Waals surface area contributed by atoms with E-state index in [2.05, 4.69) is 63.2 Å². The summed E-state index contributed by atoms with van der Waals surface area (Å²) in [6, 6.07) is 15.1. The van der Waals surface area contributed by atoms with Gasteiger partial charge in [0.05, 0.1) is 22.4 Å². The molecule has 2 bridgehead atoms. The Morgan fingerprint density at radius 1 is 1.04 bits per heavy atom. The van der Waals surface area contributed by atoms with Gasteiger partial charge in [0.1, 0.15) is 0 Å². The molecule has 1 saturated carbocycles. The molecule has 2 nitrogen and oxygen atoms in total. The molecule has 0 spiro atoms. The van der Waals surface area contributed by atoms with Gasteiger partial charge in [-0.2, -0.15) is 0 Å². The van der Waals surface area contributed by atoms with E-state index in [0.29, 0.717) is 5.92 Å². The summed E-state index contributed by atoms with van der Waals surface area (Å²) < 4.78 is 0. The first-order valence-electron chi connectivity index (χ1n) is 9.93. The van der Waals surface area contributed by atoms with Gasteiger partial charge < -0.3 is 0 Å². The molecule has 2 aromatic carbocycles. The van der Waals surface area contributed by atoms with Crippen LogP contribution in [0.5, 0.6) is 0 Å². The fourth-order valence-electron chi connectivity index (χ4n) is 5.31. The maximum Gasteiger partial charge on any atom is 0.0897 e. The zero-order valence-corrected chi connectivity index (χ0v) is 15.9. The molecule has 0 aliphatic heterocycles. The van der Waals surface area contributed by atoms with Crippen LogP contribution in [0.1, 0.15) is 62.4 Å². The van der Waals surface area contributed by atoms with Crippen molar-refractivity contribution < 1.29 is 0 Å². The molecule has 2 aliphatic rings. The number of aryl methyl sites for hydroxylation is 1. The van der Waals surface area contributed by atoms with Crippen molar-refractivity contribution in [2.24, 2.45) is 5.92 Å². The number of hydrogen-bond acceptors (Lipinski definition) is 2. The summed E-state index contributed by atoms with van der Waals surface area (Å²) in [7, 11) is 0. The average molecular weight is 342 g/mol. The van der Waals surface area contributed by atoms with E-state index in [1.54, 1.807) is 0 Å². The fourth-order valence-corrected chi connectivity index (χ4v) is 5.31. The fraction of sp³-hybridized carbons (Fsp3) is 0.417. The Morgan fingerprint density at radius 2 is 1.81 bits per heavy atom. The third kappa shape index (κ3) is 2.31. The van der Waals surface area contributed by atoms with E-state index in [1.165, 1.54) is 53.8 Å². The first-order valence-corrected chi connectivity index (χ1v) is 9.93. The molecular formula is C24H26N2. The Balaban J connectivity index is 1.74. The number of hydrogen-bond donors (Lipinski definition) is 0. The third-order valence-corrected chi connectivity index (χ3v) is 6.85. The Labute approximate surface area is 155 Å². The average Bonchev–Trinajstić information content (AvgIpc) is 2.66. The summed E-state index contributed by atoms with van der Waals surface area (Å²) in [5.41, 5.74) is 8.64. The molecule has 5 rings (SSSR count). The second kappa shape index (κ2) is 5.64. The van der Waals surface area contributed by atoms with Crippen LogP contribution in [0.15, 0.2) is 42.5 Å². The largest absolute Gasteiger partial charge is 0.249 e. The molecular weight excluding hydrogens is 316 g/mol. The number of aromatic nitrogens is 2. The topological polar surface area (TPSA) is 25.8 Å². The summed E-state index contributed by atoms with van der Waals surface area (Å²) in [5.74, 6) is 1.31. The molecule has 1 heterocycles. The monoisotopic (exact) mass is 342 g/mol. The summed E-state index contributed by atoms with van der Waals surface area (Å²) in [5, 5.41) is 0. The molecule has 1 aromatic heterocycles. The number of nitrogens with zero attached hydrogens (tertiary/aromatic N) is 2. The van der Waals surface area contributed by atoms with Gasteiger partial charge >= 0.3 is 0 Å². The third-order valence-electron chi connectivity index (χ3n) is 6.85. The first-order chi connectivity index (χ1) is 12.5. The lowest BCUT2D eigenvalue weighted by Crippen LogP contribution is -2.39. The van der Waals surface area contributed by atoms with Crippen LogP contribution in [0, 0.1) is 12.8 Å². The van der Waals surface area contributed by atoms with Crippen molar-refractivity contribution in [2.45, 2.75) is 57.8 Å². The number of benzene rings is 2. The van der Waals surface area contributed by atoms with Crippen LogP contribution < -0.4 is 0 Å². The Kier molecular flexibility index (Phi) is 3.47. The highest BCUT2D eigenvalue weighted by atomic mass is 14.9. The number of rotatable bonds is 1. The lowest BCUT2D eigenvalue weighted by atomic mass is 9.60. The molecule has 2 aliphatic carbocycles. The smallest absolute Gasteiger partial charge is 0.0897 e. The molecule has 0 amide bonds.